The van der Waals surface area contributed by atoms with E-state index < -0.39 is 17.6 Å². The van der Waals surface area contributed by atoms with Gasteiger partial charge in [0.2, 0.25) is 0 Å². The second kappa shape index (κ2) is 7.63. The van der Waals surface area contributed by atoms with Crippen LogP contribution in [0.2, 0.25) is 5.02 Å². The van der Waals surface area contributed by atoms with Crippen molar-refractivity contribution >= 4 is 23.3 Å². The predicted octanol–water partition coefficient (Wildman–Crippen LogP) is 4.46. The fraction of sp³-hybridized carbons (Fsp3) is 0.409. The van der Waals surface area contributed by atoms with Crippen molar-refractivity contribution < 1.29 is 13.9 Å². The predicted molar refractivity (Wildman–Crippen MR) is 107 cm³/mol. The number of aryl methyl sites for hydroxylation is 2. The Bertz CT molecular complexity index is 946. The van der Waals surface area contributed by atoms with Crippen LogP contribution < -0.4 is 0 Å². The topological polar surface area (TPSA) is 51.5 Å². The molecule has 1 aliphatic heterocycles. The Hall–Kier alpha value is -2.27. The zero-order valence-corrected chi connectivity index (χ0v) is 16.5. The van der Waals surface area contributed by atoms with Gasteiger partial charge in [0.15, 0.2) is 5.67 Å². The molecule has 1 aromatic heterocycles. The van der Waals surface area contributed by atoms with Gasteiger partial charge >= 0.3 is 5.97 Å². The number of hydrogen-bond donors (Lipinski definition) is 0. The average molecular weight is 401 g/mol. The SMILES string of the molecule is CCOC(=O)C1=NCCC(C2(F)c3ccc(Cl)cc3CCc3cccnc32)C1. The van der Waals surface area contributed by atoms with E-state index in [9.17, 15) is 4.79 Å². The Morgan fingerprint density at radius 1 is 1.32 bits per heavy atom. The molecule has 2 aliphatic rings. The van der Waals surface area contributed by atoms with E-state index in [-0.39, 0.29) is 13.0 Å². The normalized spacial score (nSPS) is 23.8. The molecule has 0 radical (unpaired) electrons. The van der Waals surface area contributed by atoms with E-state index in [1.165, 1.54) is 0 Å². The van der Waals surface area contributed by atoms with Gasteiger partial charge in [0.25, 0.3) is 0 Å². The maximum atomic E-state index is 17.1. The van der Waals surface area contributed by atoms with Crippen LogP contribution in [0.15, 0.2) is 41.5 Å². The van der Waals surface area contributed by atoms with Gasteiger partial charge in [0, 0.05) is 30.1 Å². The Balaban J connectivity index is 1.83. The molecular formula is C22H22ClFN2O2. The second-order valence-corrected chi connectivity index (χ2v) is 7.70. The lowest BCUT2D eigenvalue weighted by molar-refractivity contribution is -0.135. The highest BCUT2D eigenvalue weighted by Crippen LogP contribution is 2.48. The van der Waals surface area contributed by atoms with Crippen molar-refractivity contribution in [3.63, 3.8) is 0 Å². The van der Waals surface area contributed by atoms with Gasteiger partial charge in [-0.1, -0.05) is 23.7 Å². The summed E-state index contributed by atoms with van der Waals surface area (Å²) in [6, 6.07) is 9.13. The zero-order valence-electron chi connectivity index (χ0n) is 15.8. The number of halogens is 2. The van der Waals surface area contributed by atoms with Crippen LogP contribution in [0.5, 0.6) is 0 Å². The molecule has 2 heterocycles. The number of aliphatic imine (C=N–C) groups is 1. The molecule has 0 N–H and O–H groups in total. The maximum Gasteiger partial charge on any atom is 0.352 e. The van der Waals surface area contributed by atoms with Crippen molar-refractivity contribution in [1.82, 2.24) is 4.98 Å². The summed E-state index contributed by atoms with van der Waals surface area (Å²) in [5, 5.41) is 0.595. The number of aromatic nitrogens is 1. The minimum absolute atomic E-state index is 0.230. The number of carbonyl (C=O) groups excluding carboxylic acids is 1. The summed E-state index contributed by atoms with van der Waals surface area (Å²) in [6.07, 6.45) is 3.81. The van der Waals surface area contributed by atoms with E-state index in [4.69, 9.17) is 16.3 Å². The Labute approximate surface area is 168 Å². The lowest BCUT2D eigenvalue weighted by Crippen LogP contribution is -2.39. The van der Waals surface area contributed by atoms with Crippen molar-refractivity contribution in [2.75, 3.05) is 13.2 Å². The summed E-state index contributed by atoms with van der Waals surface area (Å²) in [5.41, 5.74) is 1.36. The molecule has 28 heavy (non-hydrogen) atoms. The number of hydrogen-bond acceptors (Lipinski definition) is 4. The third-order valence-corrected chi connectivity index (χ3v) is 5.89. The van der Waals surface area contributed by atoms with Crippen LogP contribution in [0, 0.1) is 5.92 Å². The molecule has 2 aromatic rings. The summed E-state index contributed by atoms with van der Waals surface area (Å²) in [5.74, 6) is -0.905. The minimum atomic E-state index is -1.80. The Kier molecular flexibility index (Phi) is 5.19. The monoisotopic (exact) mass is 400 g/mol. The number of nitrogens with zero attached hydrogens (tertiary/aromatic N) is 2. The highest BCUT2D eigenvalue weighted by molar-refractivity contribution is 6.36. The first-order valence-electron chi connectivity index (χ1n) is 9.66. The minimum Gasteiger partial charge on any atom is -0.462 e. The van der Waals surface area contributed by atoms with Crippen LogP contribution in [0.1, 0.15) is 42.1 Å². The molecule has 0 saturated carbocycles. The third kappa shape index (κ3) is 3.22. The van der Waals surface area contributed by atoms with E-state index in [2.05, 4.69) is 9.98 Å². The molecule has 2 unspecified atom stereocenters. The molecule has 0 bridgehead atoms. The summed E-state index contributed by atoms with van der Waals surface area (Å²) >= 11 is 6.20. The molecule has 1 aromatic carbocycles. The highest BCUT2D eigenvalue weighted by Gasteiger charge is 2.48. The van der Waals surface area contributed by atoms with Gasteiger partial charge in [-0.05, 0) is 61.1 Å². The quantitative estimate of drug-likeness (QED) is 0.715. The van der Waals surface area contributed by atoms with E-state index in [0.29, 0.717) is 47.8 Å². The van der Waals surface area contributed by atoms with Crippen molar-refractivity contribution in [3.05, 3.63) is 63.9 Å². The molecule has 2 atom stereocenters. The third-order valence-electron chi connectivity index (χ3n) is 5.65. The number of alkyl halides is 1. The van der Waals surface area contributed by atoms with Crippen molar-refractivity contribution in [1.29, 1.82) is 0 Å². The number of ether oxygens (including phenoxy) is 1. The van der Waals surface area contributed by atoms with E-state index in [1.54, 1.807) is 25.3 Å². The highest BCUT2D eigenvalue weighted by atomic mass is 35.5. The first-order valence-corrected chi connectivity index (χ1v) is 10.0. The first kappa shape index (κ1) is 19.1. The summed E-state index contributed by atoms with van der Waals surface area (Å²) in [6.45, 7) is 2.42. The Morgan fingerprint density at radius 2 is 2.14 bits per heavy atom. The largest absolute Gasteiger partial charge is 0.462 e. The average Bonchev–Trinajstić information content (AvgIpc) is 2.84. The number of pyridine rings is 1. The molecule has 4 nitrogen and oxygen atoms in total. The molecule has 0 saturated heterocycles. The lowest BCUT2D eigenvalue weighted by atomic mass is 9.73. The molecule has 146 valence electrons. The summed E-state index contributed by atoms with van der Waals surface area (Å²) < 4.78 is 22.2. The number of benzene rings is 1. The molecule has 0 spiro atoms. The first-order chi connectivity index (χ1) is 13.5. The van der Waals surface area contributed by atoms with Crippen molar-refractivity contribution in [2.45, 2.75) is 38.3 Å². The van der Waals surface area contributed by atoms with Gasteiger partial charge in [-0.25, -0.2) is 9.18 Å². The van der Waals surface area contributed by atoms with Crippen LogP contribution in [0.25, 0.3) is 0 Å². The van der Waals surface area contributed by atoms with Gasteiger partial charge in [-0.2, -0.15) is 0 Å². The maximum absolute atomic E-state index is 17.1. The fourth-order valence-electron chi connectivity index (χ4n) is 4.36. The number of carbonyl (C=O) groups is 1. The summed E-state index contributed by atoms with van der Waals surface area (Å²) in [4.78, 5) is 21.0. The van der Waals surface area contributed by atoms with Gasteiger partial charge in [-0.15, -0.1) is 0 Å². The van der Waals surface area contributed by atoms with Crippen molar-refractivity contribution in [2.24, 2.45) is 10.9 Å². The van der Waals surface area contributed by atoms with Crippen molar-refractivity contribution in [3.8, 4) is 0 Å². The number of esters is 1. The van der Waals surface area contributed by atoms with Crippen LogP contribution >= 0.6 is 11.6 Å². The smallest absolute Gasteiger partial charge is 0.352 e. The molecular weight excluding hydrogens is 379 g/mol. The van der Waals surface area contributed by atoms with Crippen LogP contribution in [0.4, 0.5) is 4.39 Å². The molecule has 0 amide bonds. The van der Waals surface area contributed by atoms with Crippen LogP contribution in [-0.4, -0.2) is 29.8 Å². The number of fused-ring (bicyclic) bond motifs is 2. The molecule has 1 aliphatic carbocycles. The van der Waals surface area contributed by atoms with Crippen LogP contribution in [0.3, 0.4) is 0 Å². The van der Waals surface area contributed by atoms with Gasteiger partial charge in [-0.3, -0.25) is 9.98 Å². The lowest BCUT2D eigenvalue weighted by Gasteiger charge is -2.36. The van der Waals surface area contributed by atoms with E-state index in [1.807, 2.05) is 18.2 Å². The van der Waals surface area contributed by atoms with Crippen LogP contribution in [-0.2, 0) is 28.0 Å². The summed E-state index contributed by atoms with van der Waals surface area (Å²) in [7, 11) is 0. The van der Waals surface area contributed by atoms with E-state index in [0.717, 1.165) is 11.1 Å². The van der Waals surface area contributed by atoms with Gasteiger partial charge < -0.3 is 4.74 Å². The van der Waals surface area contributed by atoms with Gasteiger partial charge in [0.1, 0.15) is 5.71 Å². The standard InChI is InChI=1S/C22H22ClFN2O2/c1-2-28-21(27)19-13-16(9-11-25-19)22(24)18-8-7-17(23)12-15(18)6-5-14-4-3-10-26-20(14)22/h3-4,7-8,10,12,16H,2,5-6,9,11,13H2,1H3. The second-order valence-electron chi connectivity index (χ2n) is 7.26. The Morgan fingerprint density at radius 3 is 2.96 bits per heavy atom. The zero-order chi connectivity index (χ0) is 19.7. The molecule has 6 heteroatoms. The van der Waals surface area contributed by atoms with E-state index >= 15 is 4.39 Å². The van der Waals surface area contributed by atoms with Gasteiger partial charge in [0.05, 0.1) is 12.3 Å². The number of rotatable bonds is 3. The molecule has 4 rings (SSSR count). The fourth-order valence-corrected chi connectivity index (χ4v) is 4.55. The molecule has 0 fully saturated rings.